The highest BCUT2D eigenvalue weighted by Crippen LogP contribution is 2.48. The zero-order valence-corrected chi connectivity index (χ0v) is 33.8. The zero-order valence-electron chi connectivity index (χ0n) is 32.3. The normalized spacial score (nSPS) is 14.0. The van der Waals surface area contributed by atoms with E-state index in [-0.39, 0.29) is 68.7 Å². The van der Waals surface area contributed by atoms with Crippen LogP contribution in [0.25, 0.3) is 38.9 Å². The first-order valence-corrected chi connectivity index (χ1v) is 20.7. The highest BCUT2D eigenvalue weighted by atomic mass is 35.5. The van der Waals surface area contributed by atoms with Crippen molar-refractivity contribution in [3.05, 3.63) is 141 Å². The minimum absolute atomic E-state index is 0.0413. The Morgan fingerprint density at radius 1 is 0.952 bits per heavy atom. The number of hydrogen-bond donors (Lipinski definition) is 3. The molecule has 0 saturated heterocycles. The van der Waals surface area contributed by atoms with Crippen LogP contribution in [0.4, 0.5) is 32.6 Å². The molecule has 13 nitrogen and oxygen atoms in total. The molecular weight excluding hydrogens is 861 g/mol. The molecule has 7 aromatic rings. The van der Waals surface area contributed by atoms with Gasteiger partial charge in [0.25, 0.3) is 12.0 Å². The Bertz CT molecular complexity index is 3050. The molecule has 3 N–H and O–H groups in total. The van der Waals surface area contributed by atoms with Crippen LogP contribution >= 0.6 is 11.6 Å². The Morgan fingerprint density at radius 2 is 1.66 bits per heavy atom. The summed E-state index contributed by atoms with van der Waals surface area (Å²) in [5.41, 5.74) is -1.05. The molecule has 1 aliphatic rings. The molecule has 0 radical (unpaired) electrons. The standard InChI is InChI=1S/C42H33ClF5N7O6S/c1-61-26-8-6-22(7-9-26)20-42(14-15-42)62(59,60)53-38-35-29(43)11-13-33(36(35)54(52-38)21-34(47)48)55-39(32(50-41(57)58)18-23-16-24(44)19-25(45)17-23)51-37-28(40(55)56)10-12-31(49-37)27-4-2-3-5-30(27)46/h2-13,16-17,19,32,34,50H,14-15,18,20-21H2,1H3,(H,52,53)(H,57,58). The van der Waals surface area contributed by atoms with Crippen LogP contribution in [0.1, 0.15) is 35.8 Å². The molecule has 1 unspecified atom stereocenters. The number of pyridine rings is 1. The summed E-state index contributed by atoms with van der Waals surface area (Å²) in [4.78, 5) is 36.2. The summed E-state index contributed by atoms with van der Waals surface area (Å²) < 4.78 is 109. The minimum Gasteiger partial charge on any atom is -0.497 e. The van der Waals surface area contributed by atoms with Gasteiger partial charge in [0, 0.05) is 18.1 Å². The largest absolute Gasteiger partial charge is 0.497 e. The molecule has 62 heavy (non-hydrogen) atoms. The third-order valence-corrected chi connectivity index (χ3v) is 13.0. The molecule has 4 aromatic carbocycles. The monoisotopic (exact) mass is 893 g/mol. The number of amides is 1. The van der Waals surface area contributed by atoms with Crippen molar-refractivity contribution in [2.45, 2.75) is 49.4 Å². The summed E-state index contributed by atoms with van der Waals surface area (Å²) in [7, 11) is -2.82. The van der Waals surface area contributed by atoms with Crippen LogP contribution in [0.15, 0.2) is 95.8 Å². The molecule has 20 heteroatoms. The summed E-state index contributed by atoms with van der Waals surface area (Å²) in [6, 6.07) is 18.5. The van der Waals surface area contributed by atoms with Crippen LogP contribution < -0.4 is 20.3 Å². The van der Waals surface area contributed by atoms with E-state index in [4.69, 9.17) is 16.3 Å². The maximum Gasteiger partial charge on any atom is 0.405 e. The summed E-state index contributed by atoms with van der Waals surface area (Å²) in [5, 5.41) is 16.0. The van der Waals surface area contributed by atoms with Crippen LogP contribution in [0, 0.1) is 17.5 Å². The maximum atomic E-state index is 14.9. The van der Waals surface area contributed by atoms with E-state index in [1.165, 1.54) is 49.6 Å². The van der Waals surface area contributed by atoms with E-state index in [0.717, 1.165) is 21.4 Å². The molecule has 1 saturated carbocycles. The fourth-order valence-electron chi connectivity index (χ4n) is 7.50. The number of rotatable bonds is 14. The molecule has 3 aromatic heterocycles. The van der Waals surface area contributed by atoms with E-state index in [9.17, 15) is 45.1 Å². The number of alkyl halides is 2. The van der Waals surface area contributed by atoms with Gasteiger partial charge in [-0.1, -0.05) is 35.9 Å². The molecule has 1 amide bonds. The second-order valence-corrected chi connectivity index (χ2v) is 17.2. The highest BCUT2D eigenvalue weighted by Gasteiger charge is 2.55. The molecule has 0 aliphatic heterocycles. The first-order valence-electron chi connectivity index (χ1n) is 18.8. The number of hydrogen-bond acceptors (Lipinski definition) is 8. The number of aromatic nitrogens is 5. The number of benzene rings is 4. The molecule has 0 spiro atoms. The summed E-state index contributed by atoms with van der Waals surface area (Å²) in [5.74, 6) is -2.93. The first-order chi connectivity index (χ1) is 29.6. The van der Waals surface area contributed by atoms with Gasteiger partial charge in [-0.05, 0) is 91.1 Å². The molecule has 320 valence electrons. The van der Waals surface area contributed by atoms with Gasteiger partial charge in [-0.2, -0.15) is 5.10 Å². The minimum atomic E-state index is -4.32. The van der Waals surface area contributed by atoms with Gasteiger partial charge in [0.05, 0.1) is 50.6 Å². The molecule has 0 bridgehead atoms. The van der Waals surface area contributed by atoms with Crippen LogP contribution in [-0.4, -0.2) is 62.2 Å². The molecular formula is C42H33ClF5N7O6S. The second-order valence-electron chi connectivity index (χ2n) is 14.7. The molecule has 3 heterocycles. The number of fused-ring (bicyclic) bond motifs is 2. The average Bonchev–Trinajstić information content (AvgIpc) is 3.93. The van der Waals surface area contributed by atoms with Gasteiger partial charge in [0.2, 0.25) is 10.0 Å². The van der Waals surface area contributed by atoms with Crippen molar-refractivity contribution in [3.63, 3.8) is 0 Å². The smallest absolute Gasteiger partial charge is 0.405 e. The zero-order chi connectivity index (χ0) is 44.1. The van der Waals surface area contributed by atoms with Gasteiger partial charge >= 0.3 is 6.09 Å². The summed E-state index contributed by atoms with van der Waals surface area (Å²) in [6.45, 7) is -1.12. The summed E-state index contributed by atoms with van der Waals surface area (Å²) in [6.07, 6.45) is -4.60. The van der Waals surface area contributed by atoms with Gasteiger partial charge < -0.3 is 15.2 Å². The van der Waals surface area contributed by atoms with Crippen LogP contribution in [-0.2, 0) is 29.4 Å². The van der Waals surface area contributed by atoms with Crippen molar-refractivity contribution < 1.29 is 45.0 Å². The number of carbonyl (C=O) groups is 1. The average molecular weight is 894 g/mol. The van der Waals surface area contributed by atoms with Gasteiger partial charge in [-0.15, -0.1) is 0 Å². The Balaban J connectivity index is 1.34. The number of nitrogens with zero attached hydrogens (tertiary/aromatic N) is 5. The topological polar surface area (TPSA) is 170 Å². The van der Waals surface area contributed by atoms with E-state index in [1.807, 2.05) is 0 Å². The fourth-order valence-corrected chi connectivity index (χ4v) is 9.35. The van der Waals surface area contributed by atoms with Gasteiger partial charge in [0.15, 0.2) is 11.5 Å². The predicted molar refractivity (Wildman–Crippen MR) is 220 cm³/mol. The van der Waals surface area contributed by atoms with Crippen LogP contribution in [0.2, 0.25) is 5.02 Å². The number of ether oxygens (including phenoxy) is 1. The van der Waals surface area contributed by atoms with Crippen molar-refractivity contribution in [1.82, 2.24) is 29.6 Å². The number of carboxylic acid groups (broad SMARTS) is 1. The van der Waals surface area contributed by atoms with E-state index in [2.05, 4.69) is 25.1 Å². The lowest BCUT2D eigenvalue weighted by Crippen LogP contribution is -2.35. The maximum absolute atomic E-state index is 14.9. The van der Waals surface area contributed by atoms with Crippen molar-refractivity contribution in [2.24, 2.45) is 0 Å². The second kappa shape index (κ2) is 16.4. The van der Waals surface area contributed by atoms with E-state index < -0.39 is 80.9 Å². The number of nitrogens with one attached hydrogen (secondary N) is 2. The predicted octanol–water partition coefficient (Wildman–Crippen LogP) is 8.21. The van der Waals surface area contributed by atoms with E-state index in [0.29, 0.717) is 17.4 Å². The third kappa shape index (κ3) is 8.12. The lowest BCUT2D eigenvalue weighted by Gasteiger charge is -2.22. The quantitative estimate of drug-likeness (QED) is 0.0911. The van der Waals surface area contributed by atoms with Crippen molar-refractivity contribution in [3.8, 4) is 22.7 Å². The van der Waals surface area contributed by atoms with Crippen molar-refractivity contribution >= 4 is 55.5 Å². The van der Waals surface area contributed by atoms with E-state index in [1.54, 1.807) is 30.3 Å². The molecule has 1 atom stereocenters. The SMILES string of the molecule is COc1ccc(CC2(S(=O)(=O)Nc3nn(CC(F)F)c4c(-n5c(C(Cc6cc(F)cc(F)c6)NC(=O)O)nc6nc(-c7ccccc7F)ccc6c5=O)ccc(Cl)c34)CC2)cc1. The Labute approximate surface area is 353 Å². The van der Waals surface area contributed by atoms with Crippen molar-refractivity contribution in [1.29, 1.82) is 0 Å². The summed E-state index contributed by atoms with van der Waals surface area (Å²) >= 11 is 6.73. The molecule has 1 fully saturated rings. The van der Waals surface area contributed by atoms with Crippen LogP contribution in [0.5, 0.6) is 5.75 Å². The lowest BCUT2D eigenvalue weighted by molar-refractivity contribution is 0.123. The van der Waals surface area contributed by atoms with E-state index >= 15 is 0 Å². The number of sulfonamides is 1. The molecule has 8 rings (SSSR count). The fraction of sp³-hybridized carbons (Fsp3) is 0.214. The van der Waals surface area contributed by atoms with Gasteiger partial charge in [-0.3, -0.25) is 18.8 Å². The van der Waals surface area contributed by atoms with Gasteiger partial charge in [-0.25, -0.2) is 45.1 Å². The number of methoxy groups -OCH3 is 1. The third-order valence-electron chi connectivity index (χ3n) is 10.5. The van der Waals surface area contributed by atoms with Crippen molar-refractivity contribution in [2.75, 3.05) is 11.8 Å². The first kappa shape index (κ1) is 42.1. The number of anilines is 1. The Morgan fingerprint density at radius 3 is 2.31 bits per heavy atom. The number of halogens is 6. The lowest BCUT2D eigenvalue weighted by atomic mass is 10.0. The Kier molecular flexibility index (Phi) is 11.1. The van der Waals surface area contributed by atoms with Crippen LogP contribution in [0.3, 0.4) is 0 Å². The Hall–Kier alpha value is -6.60. The highest BCUT2D eigenvalue weighted by molar-refractivity contribution is 7.94. The molecule has 1 aliphatic carbocycles. The van der Waals surface area contributed by atoms with Gasteiger partial charge in [0.1, 0.15) is 35.6 Å².